The SMILES string of the molecule is CCNC(=O)c1ccc(OC(=O)c2cc(Cl)ccc2Br)cc1. The van der Waals surface area contributed by atoms with Gasteiger partial charge in [-0.2, -0.15) is 0 Å². The predicted octanol–water partition coefficient (Wildman–Crippen LogP) is 4.07. The standard InChI is InChI=1S/C16H13BrClNO3/c1-2-19-15(20)10-3-6-12(7-4-10)22-16(21)13-9-11(18)5-8-14(13)17/h3-9H,2H2,1H3,(H,19,20). The van der Waals surface area contributed by atoms with Crippen LogP contribution < -0.4 is 10.1 Å². The summed E-state index contributed by atoms with van der Waals surface area (Å²) in [5.74, 6) is -0.344. The van der Waals surface area contributed by atoms with E-state index in [1.165, 1.54) is 6.07 Å². The smallest absolute Gasteiger partial charge is 0.344 e. The van der Waals surface area contributed by atoms with Crippen molar-refractivity contribution in [3.8, 4) is 5.75 Å². The average Bonchev–Trinajstić information content (AvgIpc) is 2.50. The Balaban J connectivity index is 2.12. The third-order valence-electron chi connectivity index (χ3n) is 2.81. The summed E-state index contributed by atoms with van der Waals surface area (Å²) >= 11 is 9.16. The van der Waals surface area contributed by atoms with E-state index in [-0.39, 0.29) is 5.91 Å². The van der Waals surface area contributed by atoms with Gasteiger partial charge in [0, 0.05) is 21.6 Å². The molecular weight excluding hydrogens is 370 g/mol. The fourth-order valence-corrected chi connectivity index (χ4v) is 2.33. The van der Waals surface area contributed by atoms with Crippen molar-refractivity contribution in [3.05, 3.63) is 63.1 Å². The van der Waals surface area contributed by atoms with Crippen LogP contribution in [0.5, 0.6) is 5.75 Å². The normalized spacial score (nSPS) is 10.1. The van der Waals surface area contributed by atoms with Crippen molar-refractivity contribution in [2.45, 2.75) is 6.92 Å². The van der Waals surface area contributed by atoms with Gasteiger partial charge in [0.1, 0.15) is 5.75 Å². The quantitative estimate of drug-likeness (QED) is 0.640. The molecule has 1 N–H and O–H groups in total. The van der Waals surface area contributed by atoms with Crippen LogP contribution in [-0.4, -0.2) is 18.4 Å². The van der Waals surface area contributed by atoms with Crippen molar-refractivity contribution < 1.29 is 14.3 Å². The van der Waals surface area contributed by atoms with E-state index in [1.54, 1.807) is 36.4 Å². The predicted molar refractivity (Wildman–Crippen MR) is 88.6 cm³/mol. The first-order valence-corrected chi connectivity index (χ1v) is 7.74. The number of hydrogen-bond acceptors (Lipinski definition) is 3. The number of rotatable bonds is 4. The van der Waals surface area contributed by atoms with Crippen LogP contribution >= 0.6 is 27.5 Å². The molecule has 0 aliphatic carbocycles. The van der Waals surface area contributed by atoms with E-state index in [0.29, 0.717) is 32.9 Å². The highest BCUT2D eigenvalue weighted by atomic mass is 79.9. The summed E-state index contributed by atoms with van der Waals surface area (Å²) in [7, 11) is 0. The minimum Gasteiger partial charge on any atom is -0.423 e. The van der Waals surface area contributed by atoms with Gasteiger partial charge < -0.3 is 10.1 Å². The summed E-state index contributed by atoms with van der Waals surface area (Å²) in [6.45, 7) is 2.40. The lowest BCUT2D eigenvalue weighted by molar-refractivity contribution is 0.0733. The molecule has 0 aromatic heterocycles. The second kappa shape index (κ2) is 7.42. The van der Waals surface area contributed by atoms with Gasteiger partial charge in [0.2, 0.25) is 0 Å². The summed E-state index contributed by atoms with van der Waals surface area (Å²) in [4.78, 5) is 23.8. The summed E-state index contributed by atoms with van der Waals surface area (Å²) in [6, 6.07) is 11.2. The molecule has 2 aromatic rings. The molecule has 0 unspecified atom stereocenters. The molecule has 0 bridgehead atoms. The van der Waals surface area contributed by atoms with E-state index >= 15 is 0 Å². The second-order valence-corrected chi connectivity index (χ2v) is 5.69. The van der Waals surface area contributed by atoms with Crippen molar-refractivity contribution in [1.29, 1.82) is 0 Å². The molecule has 0 aliphatic heterocycles. The third kappa shape index (κ3) is 4.08. The molecule has 0 spiro atoms. The maximum atomic E-state index is 12.1. The van der Waals surface area contributed by atoms with Crippen LogP contribution in [0.15, 0.2) is 46.9 Å². The van der Waals surface area contributed by atoms with E-state index in [4.69, 9.17) is 16.3 Å². The molecular formula is C16H13BrClNO3. The Morgan fingerprint density at radius 1 is 1.18 bits per heavy atom. The molecule has 1 amide bonds. The Hall–Kier alpha value is -1.85. The first-order valence-electron chi connectivity index (χ1n) is 6.56. The summed E-state index contributed by atoms with van der Waals surface area (Å²) < 4.78 is 5.87. The summed E-state index contributed by atoms with van der Waals surface area (Å²) in [5.41, 5.74) is 0.839. The van der Waals surface area contributed by atoms with Gasteiger partial charge >= 0.3 is 5.97 Å². The molecule has 0 fully saturated rings. The molecule has 114 valence electrons. The zero-order valence-electron chi connectivity index (χ0n) is 11.7. The molecule has 2 rings (SSSR count). The third-order valence-corrected chi connectivity index (χ3v) is 3.74. The molecule has 2 aromatic carbocycles. The van der Waals surface area contributed by atoms with Crippen LogP contribution in [0.1, 0.15) is 27.6 Å². The van der Waals surface area contributed by atoms with Crippen LogP contribution in [0.4, 0.5) is 0 Å². The summed E-state index contributed by atoms with van der Waals surface area (Å²) in [6.07, 6.45) is 0. The van der Waals surface area contributed by atoms with Crippen LogP contribution in [0.25, 0.3) is 0 Å². The van der Waals surface area contributed by atoms with Gasteiger partial charge in [0.25, 0.3) is 5.91 Å². The van der Waals surface area contributed by atoms with Crippen LogP contribution in [0.3, 0.4) is 0 Å². The lowest BCUT2D eigenvalue weighted by Gasteiger charge is -2.07. The van der Waals surface area contributed by atoms with Crippen LogP contribution in [-0.2, 0) is 0 Å². The van der Waals surface area contributed by atoms with Gasteiger partial charge in [-0.1, -0.05) is 11.6 Å². The molecule has 0 atom stereocenters. The number of amides is 1. The highest BCUT2D eigenvalue weighted by Crippen LogP contribution is 2.23. The molecule has 0 heterocycles. The molecule has 0 saturated heterocycles. The van der Waals surface area contributed by atoms with E-state index in [0.717, 1.165) is 0 Å². The minimum atomic E-state index is -0.528. The fraction of sp³-hybridized carbons (Fsp3) is 0.125. The van der Waals surface area contributed by atoms with Crippen molar-refractivity contribution in [3.63, 3.8) is 0 Å². The maximum absolute atomic E-state index is 12.1. The largest absolute Gasteiger partial charge is 0.423 e. The number of halogens is 2. The zero-order valence-corrected chi connectivity index (χ0v) is 14.1. The van der Waals surface area contributed by atoms with Gasteiger partial charge in [0.15, 0.2) is 0 Å². The molecule has 6 heteroatoms. The lowest BCUT2D eigenvalue weighted by atomic mass is 10.2. The van der Waals surface area contributed by atoms with Crippen LogP contribution in [0.2, 0.25) is 5.02 Å². The number of benzene rings is 2. The molecule has 0 aliphatic rings. The van der Waals surface area contributed by atoms with Crippen molar-refractivity contribution in [2.24, 2.45) is 0 Å². The van der Waals surface area contributed by atoms with Gasteiger partial charge in [-0.25, -0.2) is 4.79 Å². The first-order chi connectivity index (χ1) is 10.5. The Labute approximate surface area is 141 Å². The number of esters is 1. The first kappa shape index (κ1) is 16.5. The summed E-state index contributed by atoms with van der Waals surface area (Å²) in [5, 5.41) is 3.14. The lowest BCUT2D eigenvalue weighted by Crippen LogP contribution is -2.22. The van der Waals surface area contributed by atoms with E-state index in [1.807, 2.05) is 6.92 Å². The molecule has 0 saturated carbocycles. The number of hydrogen-bond donors (Lipinski definition) is 1. The number of nitrogens with one attached hydrogen (secondary N) is 1. The highest BCUT2D eigenvalue weighted by Gasteiger charge is 2.13. The molecule has 22 heavy (non-hydrogen) atoms. The Bertz CT molecular complexity index is 701. The van der Waals surface area contributed by atoms with Gasteiger partial charge in [-0.3, -0.25) is 4.79 Å². The molecule has 4 nitrogen and oxygen atoms in total. The van der Waals surface area contributed by atoms with Crippen LogP contribution in [0, 0.1) is 0 Å². The van der Waals surface area contributed by atoms with Crippen molar-refractivity contribution in [1.82, 2.24) is 5.32 Å². The Morgan fingerprint density at radius 3 is 2.50 bits per heavy atom. The minimum absolute atomic E-state index is 0.169. The highest BCUT2D eigenvalue weighted by molar-refractivity contribution is 9.10. The van der Waals surface area contributed by atoms with E-state index in [9.17, 15) is 9.59 Å². The van der Waals surface area contributed by atoms with Gasteiger partial charge in [-0.05, 0) is 65.3 Å². The number of ether oxygens (including phenoxy) is 1. The Morgan fingerprint density at radius 2 is 1.86 bits per heavy atom. The number of carbonyl (C=O) groups is 2. The van der Waals surface area contributed by atoms with Crippen molar-refractivity contribution >= 4 is 39.4 Å². The maximum Gasteiger partial charge on any atom is 0.344 e. The zero-order chi connectivity index (χ0) is 16.1. The van der Waals surface area contributed by atoms with Gasteiger partial charge in [0.05, 0.1) is 5.56 Å². The van der Waals surface area contributed by atoms with Gasteiger partial charge in [-0.15, -0.1) is 0 Å². The average molecular weight is 383 g/mol. The van der Waals surface area contributed by atoms with E-state index < -0.39 is 5.97 Å². The monoisotopic (exact) mass is 381 g/mol. The second-order valence-electron chi connectivity index (χ2n) is 4.40. The molecule has 0 radical (unpaired) electrons. The fourth-order valence-electron chi connectivity index (χ4n) is 1.75. The van der Waals surface area contributed by atoms with E-state index in [2.05, 4.69) is 21.2 Å². The Kier molecular flexibility index (Phi) is 5.57. The number of carbonyl (C=O) groups excluding carboxylic acids is 2. The van der Waals surface area contributed by atoms with Crippen molar-refractivity contribution in [2.75, 3.05) is 6.54 Å². The topological polar surface area (TPSA) is 55.4 Å².